The summed E-state index contributed by atoms with van der Waals surface area (Å²) in [4.78, 5) is 0. The molecule has 1 aromatic carbocycles. The van der Waals surface area contributed by atoms with Gasteiger partial charge in [-0.15, -0.1) is 0 Å². The van der Waals surface area contributed by atoms with Crippen LogP contribution in [0.3, 0.4) is 0 Å². The smallest absolute Gasteiger partial charge is 0.170 e. The molecule has 0 radical (unpaired) electrons. The number of oxime groups is 1. The largest absolute Gasteiger partial charge is 0.409 e. The molecule has 2 rings (SSSR count). The van der Waals surface area contributed by atoms with E-state index in [4.69, 9.17) is 22.5 Å². The molecule has 1 aliphatic carbocycles. The standard InChI is InChI=1S/C13H18ClN3OS/c1-19-13(4-5-13)8-16-7-10-3-2-9(6-11(10)14)12(15)17-18/h2-3,6,16,18H,4-5,7-8H2,1H3,(H2,15,17). The SMILES string of the molecule is CSC1(CNCc2ccc(/C(N)=N/O)cc2Cl)CC1. The molecule has 0 saturated heterocycles. The van der Waals surface area contributed by atoms with Crippen molar-refractivity contribution >= 4 is 29.2 Å². The Labute approximate surface area is 122 Å². The van der Waals surface area contributed by atoms with Crippen molar-refractivity contribution in [2.24, 2.45) is 10.9 Å². The van der Waals surface area contributed by atoms with Crippen molar-refractivity contribution in [3.63, 3.8) is 0 Å². The molecule has 0 unspecified atom stereocenters. The average Bonchev–Trinajstić information content (AvgIpc) is 3.20. The number of amidine groups is 1. The maximum absolute atomic E-state index is 8.62. The zero-order valence-electron chi connectivity index (χ0n) is 10.8. The molecule has 0 atom stereocenters. The minimum Gasteiger partial charge on any atom is -0.409 e. The van der Waals surface area contributed by atoms with Crippen molar-refractivity contribution in [2.75, 3.05) is 12.8 Å². The Bertz CT molecular complexity index is 489. The summed E-state index contributed by atoms with van der Waals surface area (Å²) in [5.74, 6) is 0.0701. The summed E-state index contributed by atoms with van der Waals surface area (Å²) < 4.78 is 0.445. The van der Waals surface area contributed by atoms with Crippen LogP contribution in [0, 0.1) is 0 Å². The molecule has 0 bridgehead atoms. The first-order chi connectivity index (χ1) is 9.10. The summed E-state index contributed by atoms with van der Waals surface area (Å²) in [7, 11) is 0. The highest BCUT2D eigenvalue weighted by molar-refractivity contribution is 8.00. The second-order valence-corrected chi connectivity index (χ2v) is 6.46. The number of halogens is 1. The molecule has 4 nitrogen and oxygen atoms in total. The lowest BCUT2D eigenvalue weighted by atomic mass is 10.1. The summed E-state index contributed by atoms with van der Waals surface area (Å²) in [5.41, 5.74) is 7.17. The van der Waals surface area contributed by atoms with E-state index in [1.54, 1.807) is 12.1 Å². The van der Waals surface area contributed by atoms with Gasteiger partial charge in [0.25, 0.3) is 0 Å². The molecule has 19 heavy (non-hydrogen) atoms. The first kappa shape index (κ1) is 14.5. The van der Waals surface area contributed by atoms with Crippen LogP contribution in [0.1, 0.15) is 24.0 Å². The molecule has 0 amide bonds. The van der Waals surface area contributed by atoms with E-state index < -0.39 is 0 Å². The second-order valence-electron chi connectivity index (χ2n) is 4.78. The van der Waals surface area contributed by atoms with Gasteiger partial charge in [-0.1, -0.05) is 28.9 Å². The lowest BCUT2D eigenvalue weighted by molar-refractivity contribution is 0.318. The number of hydrogen-bond acceptors (Lipinski definition) is 4. The van der Waals surface area contributed by atoms with Crippen LogP contribution in [-0.2, 0) is 6.54 Å². The van der Waals surface area contributed by atoms with Crippen LogP contribution < -0.4 is 11.1 Å². The van der Waals surface area contributed by atoms with Crippen LogP contribution in [0.15, 0.2) is 23.4 Å². The maximum Gasteiger partial charge on any atom is 0.170 e. The van der Waals surface area contributed by atoms with Gasteiger partial charge in [-0.25, -0.2) is 0 Å². The summed E-state index contributed by atoms with van der Waals surface area (Å²) in [6, 6.07) is 5.43. The lowest BCUT2D eigenvalue weighted by Gasteiger charge is -2.14. The number of nitrogens with one attached hydrogen (secondary N) is 1. The average molecular weight is 300 g/mol. The first-order valence-corrected chi connectivity index (χ1v) is 7.73. The van der Waals surface area contributed by atoms with E-state index in [0.717, 1.165) is 18.7 Å². The number of thioether (sulfide) groups is 1. The Morgan fingerprint density at radius 1 is 1.58 bits per heavy atom. The van der Waals surface area contributed by atoms with Crippen LogP contribution in [0.5, 0.6) is 0 Å². The quantitative estimate of drug-likeness (QED) is 0.326. The summed E-state index contributed by atoms with van der Waals surface area (Å²) in [6.07, 6.45) is 4.74. The fourth-order valence-electron chi connectivity index (χ4n) is 1.93. The molecular formula is C13H18ClN3OS. The minimum atomic E-state index is 0.0701. The van der Waals surface area contributed by atoms with Gasteiger partial charge in [0.15, 0.2) is 5.84 Å². The molecule has 4 N–H and O–H groups in total. The highest BCUT2D eigenvalue weighted by Crippen LogP contribution is 2.46. The molecule has 1 fully saturated rings. The van der Waals surface area contributed by atoms with Gasteiger partial charge in [-0.2, -0.15) is 11.8 Å². The monoisotopic (exact) mass is 299 g/mol. The zero-order chi connectivity index (χ0) is 13.9. The van der Waals surface area contributed by atoms with Crippen LogP contribution in [-0.4, -0.2) is 28.6 Å². The van der Waals surface area contributed by atoms with E-state index in [1.165, 1.54) is 12.8 Å². The molecule has 1 aliphatic rings. The van der Waals surface area contributed by atoms with Crippen LogP contribution in [0.2, 0.25) is 5.02 Å². The van der Waals surface area contributed by atoms with E-state index in [1.807, 2.05) is 17.8 Å². The van der Waals surface area contributed by atoms with E-state index in [9.17, 15) is 0 Å². The summed E-state index contributed by atoms with van der Waals surface area (Å²) in [5, 5.41) is 15.7. The van der Waals surface area contributed by atoms with E-state index in [-0.39, 0.29) is 5.84 Å². The molecule has 0 aliphatic heterocycles. The van der Waals surface area contributed by atoms with Gasteiger partial charge < -0.3 is 16.3 Å². The second kappa shape index (κ2) is 6.03. The molecular weight excluding hydrogens is 282 g/mol. The van der Waals surface area contributed by atoms with Gasteiger partial charge in [-0.3, -0.25) is 0 Å². The fraction of sp³-hybridized carbons (Fsp3) is 0.462. The van der Waals surface area contributed by atoms with Crippen molar-refractivity contribution in [3.8, 4) is 0 Å². The Kier molecular flexibility index (Phi) is 4.60. The topological polar surface area (TPSA) is 70.6 Å². The number of nitrogens with two attached hydrogens (primary N) is 1. The van der Waals surface area contributed by atoms with E-state index in [2.05, 4.69) is 16.7 Å². The van der Waals surface area contributed by atoms with Crippen molar-refractivity contribution in [3.05, 3.63) is 34.3 Å². The molecule has 0 spiro atoms. The van der Waals surface area contributed by atoms with Crippen LogP contribution >= 0.6 is 23.4 Å². The highest BCUT2D eigenvalue weighted by Gasteiger charge is 2.41. The van der Waals surface area contributed by atoms with Crippen molar-refractivity contribution in [2.45, 2.75) is 24.1 Å². The van der Waals surface area contributed by atoms with Crippen molar-refractivity contribution < 1.29 is 5.21 Å². The summed E-state index contributed by atoms with van der Waals surface area (Å²) >= 11 is 8.12. The van der Waals surface area contributed by atoms with Crippen molar-refractivity contribution in [1.82, 2.24) is 5.32 Å². The Balaban J connectivity index is 1.94. The molecule has 1 saturated carbocycles. The predicted molar refractivity (Wildman–Crippen MR) is 81.1 cm³/mol. The Morgan fingerprint density at radius 2 is 2.32 bits per heavy atom. The Morgan fingerprint density at radius 3 is 2.84 bits per heavy atom. The number of nitrogens with zero attached hydrogens (tertiary/aromatic N) is 1. The number of rotatable bonds is 6. The Hall–Kier alpha value is -0.910. The van der Waals surface area contributed by atoms with Gasteiger partial charge in [-0.05, 0) is 30.7 Å². The molecule has 0 heterocycles. The zero-order valence-corrected chi connectivity index (χ0v) is 12.4. The molecule has 6 heteroatoms. The fourth-order valence-corrected chi connectivity index (χ4v) is 2.93. The minimum absolute atomic E-state index is 0.0701. The van der Waals surface area contributed by atoms with Gasteiger partial charge in [0.1, 0.15) is 0 Å². The van der Waals surface area contributed by atoms with Crippen LogP contribution in [0.4, 0.5) is 0 Å². The maximum atomic E-state index is 8.62. The number of hydrogen-bond donors (Lipinski definition) is 3. The lowest BCUT2D eigenvalue weighted by Crippen LogP contribution is -2.25. The third-order valence-electron chi connectivity index (χ3n) is 3.46. The predicted octanol–water partition coefficient (Wildman–Crippen LogP) is 2.42. The third kappa shape index (κ3) is 3.55. The van der Waals surface area contributed by atoms with Gasteiger partial charge in [0.05, 0.1) is 0 Å². The highest BCUT2D eigenvalue weighted by atomic mass is 35.5. The van der Waals surface area contributed by atoms with Crippen molar-refractivity contribution in [1.29, 1.82) is 0 Å². The number of benzene rings is 1. The molecule has 0 aromatic heterocycles. The van der Waals surface area contributed by atoms with E-state index >= 15 is 0 Å². The summed E-state index contributed by atoms with van der Waals surface area (Å²) in [6.45, 7) is 1.74. The van der Waals surface area contributed by atoms with Crippen LogP contribution in [0.25, 0.3) is 0 Å². The molecule has 104 valence electrons. The third-order valence-corrected chi connectivity index (χ3v) is 5.23. The van der Waals surface area contributed by atoms with Gasteiger partial charge >= 0.3 is 0 Å². The molecule has 1 aromatic rings. The first-order valence-electron chi connectivity index (χ1n) is 6.12. The van der Waals surface area contributed by atoms with Gasteiger partial charge in [0.2, 0.25) is 0 Å². The van der Waals surface area contributed by atoms with E-state index in [0.29, 0.717) is 15.3 Å². The normalized spacial score (nSPS) is 17.5. The van der Waals surface area contributed by atoms with Gasteiger partial charge in [0, 0.05) is 28.4 Å².